The Morgan fingerprint density at radius 1 is 0.829 bits per heavy atom. The van der Waals surface area contributed by atoms with Crippen molar-refractivity contribution in [2.45, 2.75) is 32.3 Å². The van der Waals surface area contributed by atoms with Gasteiger partial charge in [-0.05, 0) is 66.4 Å². The molecule has 2 heterocycles. The van der Waals surface area contributed by atoms with Gasteiger partial charge in [-0.1, -0.05) is 50.2 Å². The summed E-state index contributed by atoms with van der Waals surface area (Å²) in [6.07, 6.45) is 1.87. The lowest BCUT2D eigenvalue weighted by molar-refractivity contribution is 0.0227. The molecular weight excluding hydrogens is 436 g/mol. The van der Waals surface area contributed by atoms with Crippen molar-refractivity contribution in [1.82, 2.24) is 0 Å². The highest BCUT2D eigenvalue weighted by molar-refractivity contribution is 5.97. The highest BCUT2D eigenvalue weighted by Crippen LogP contribution is 2.58. The van der Waals surface area contributed by atoms with Gasteiger partial charge in [0.15, 0.2) is 5.60 Å². The Balaban J connectivity index is 1.61. The van der Waals surface area contributed by atoms with Gasteiger partial charge in [-0.3, -0.25) is 0 Å². The number of carbonyl (C=O) groups is 1. The van der Waals surface area contributed by atoms with Crippen LogP contribution in [-0.2, 0) is 23.2 Å². The fourth-order valence-electron chi connectivity index (χ4n) is 5.28. The highest BCUT2D eigenvalue weighted by Gasteiger charge is 2.54. The predicted octanol–water partition coefficient (Wildman–Crippen LogP) is 6.71. The first kappa shape index (κ1) is 21.3. The second-order valence-electron chi connectivity index (χ2n) is 8.98. The van der Waals surface area contributed by atoms with Gasteiger partial charge >= 0.3 is 5.97 Å². The van der Waals surface area contributed by atoms with Crippen molar-refractivity contribution >= 4 is 23.0 Å². The summed E-state index contributed by atoms with van der Waals surface area (Å²) >= 11 is 0. The van der Waals surface area contributed by atoms with E-state index in [1.54, 1.807) is 6.07 Å². The quantitative estimate of drug-likeness (QED) is 0.261. The van der Waals surface area contributed by atoms with Crippen LogP contribution >= 0.6 is 0 Å². The van der Waals surface area contributed by atoms with Crippen LogP contribution in [0.5, 0.6) is 11.5 Å². The summed E-state index contributed by atoms with van der Waals surface area (Å²) in [6, 6.07) is 25.4. The molecule has 174 valence electrons. The summed E-state index contributed by atoms with van der Waals surface area (Å²) in [5, 5.41) is 3.64. The number of ether oxygens (including phenoxy) is 2. The molecular formula is C30H26N2O3. The molecule has 1 atom stereocenters. The minimum absolute atomic E-state index is 0.363. The molecule has 2 aliphatic heterocycles. The molecule has 0 bridgehead atoms. The largest absolute Gasteiger partial charge is 0.456 e. The Morgan fingerprint density at radius 2 is 1.69 bits per heavy atom. The van der Waals surface area contributed by atoms with Crippen molar-refractivity contribution in [2.75, 3.05) is 11.1 Å². The zero-order valence-corrected chi connectivity index (χ0v) is 19.7. The second kappa shape index (κ2) is 7.91. The van der Waals surface area contributed by atoms with E-state index in [4.69, 9.17) is 15.2 Å². The van der Waals surface area contributed by atoms with Crippen LogP contribution in [0.1, 0.15) is 52.0 Å². The number of hydrogen-bond donors (Lipinski definition) is 2. The predicted molar refractivity (Wildman–Crippen MR) is 138 cm³/mol. The second-order valence-corrected chi connectivity index (χ2v) is 8.98. The number of nitrogen functional groups attached to an aromatic ring is 1. The normalized spacial score (nSPS) is 17.3. The number of rotatable bonds is 4. The van der Waals surface area contributed by atoms with Gasteiger partial charge in [0.1, 0.15) is 11.5 Å². The summed E-state index contributed by atoms with van der Waals surface area (Å²) in [5.41, 5.74) is 12.8. The van der Waals surface area contributed by atoms with E-state index in [2.05, 4.69) is 37.4 Å². The summed E-state index contributed by atoms with van der Waals surface area (Å²) in [6.45, 7) is 4.31. The van der Waals surface area contributed by atoms with Crippen LogP contribution in [0.2, 0.25) is 0 Å². The zero-order valence-electron chi connectivity index (χ0n) is 19.7. The van der Waals surface area contributed by atoms with E-state index < -0.39 is 5.60 Å². The average Bonchev–Trinajstić information content (AvgIpc) is 3.17. The number of hydrogen-bond acceptors (Lipinski definition) is 5. The number of nitrogens with two attached hydrogens (primary N) is 1. The maximum Gasteiger partial charge on any atom is 0.340 e. The zero-order chi connectivity index (χ0) is 24.2. The van der Waals surface area contributed by atoms with Crippen molar-refractivity contribution in [3.05, 3.63) is 112 Å². The number of fused-ring (bicyclic) bond motifs is 6. The number of nitrogens with one attached hydrogen (secondary N) is 1. The van der Waals surface area contributed by atoms with Crippen LogP contribution in [-0.4, -0.2) is 5.97 Å². The van der Waals surface area contributed by atoms with E-state index in [1.807, 2.05) is 54.6 Å². The number of benzene rings is 4. The monoisotopic (exact) mass is 462 g/mol. The lowest BCUT2D eigenvalue weighted by Gasteiger charge is -2.38. The molecule has 5 heteroatoms. The van der Waals surface area contributed by atoms with E-state index in [-0.39, 0.29) is 5.97 Å². The third-order valence-corrected chi connectivity index (χ3v) is 6.98. The van der Waals surface area contributed by atoms with Gasteiger partial charge in [-0.25, -0.2) is 4.79 Å². The van der Waals surface area contributed by atoms with Crippen molar-refractivity contribution < 1.29 is 14.3 Å². The molecule has 35 heavy (non-hydrogen) atoms. The average molecular weight is 463 g/mol. The van der Waals surface area contributed by atoms with Crippen LogP contribution in [0.4, 0.5) is 17.1 Å². The Morgan fingerprint density at radius 3 is 2.51 bits per heavy atom. The first-order chi connectivity index (χ1) is 17.0. The first-order valence-electron chi connectivity index (χ1n) is 12.0. The molecule has 4 aromatic rings. The van der Waals surface area contributed by atoms with Crippen LogP contribution < -0.4 is 15.8 Å². The molecule has 0 aliphatic carbocycles. The first-order valence-corrected chi connectivity index (χ1v) is 12.0. The third kappa shape index (κ3) is 3.12. The Labute approximate surface area is 204 Å². The molecule has 0 aromatic heterocycles. The van der Waals surface area contributed by atoms with E-state index in [0.29, 0.717) is 22.7 Å². The number of carbonyl (C=O) groups excluding carboxylic acids is 1. The Kier molecular flexibility index (Phi) is 4.81. The van der Waals surface area contributed by atoms with Crippen LogP contribution in [0.25, 0.3) is 0 Å². The van der Waals surface area contributed by atoms with Gasteiger partial charge in [-0.15, -0.1) is 0 Å². The lowest BCUT2D eigenvalue weighted by atomic mass is 9.76. The van der Waals surface area contributed by atoms with E-state index in [0.717, 1.165) is 40.9 Å². The molecule has 0 radical (unpaired) electrons. The van der Waals surface area contributed by atoms with Crippen molar-refractivity contribution in [2.24, 2.45) is 0 Å². The summed E-state index contributed by atoms with van der Waals surface area (Å²) in [4.78, 5) is 13.2. The minimum atomic E-state index is -1.18. The van der Waals surface area contributed by atoms with Crippen LogP contribution in [0.3, 0.4) is 0 Å². The van der Waals surface area contributed by atoms with Crippen molar-refractivity contribution in [3.63, 3.8) is 0 Å². The maximum absolute atomic E-state index is 13.2. The number of anilines is 3. The smallest absolute Gasteiger partial charge is 0.340 e. The minimum Gasteiger partial charge on any atom is -0.456 e. The molecule has 1 spiro atoms. The lowest BCUT2D eigenvalue weighted by Crippen LogP contribution is -2.34. The SMILES string of the molecule is CCc1ccc(Nc2cccc3c2C2(OC(=O)c4ccccc42)c2cc(N)ccc2O3)c(CC)c1. The van der Waals surface area contributed by atoms with Crippen LogP contribution in [0, 0.1) is 0 Å². The van der Waals surface area contributed by atoms with E-state index in [1.165, 1.54) is 11.1 Å². The molecule has 0 fully saturated rings. The Hall–Kier alpha value is -4.25. The molecule has 3 N–H and O–H groups in total. The highest BCUT2D eigenvalue weighted by atomic mass is 16.6. The van der Waals surface area contributed by atoms with Crippen LogP contribution in [0.15, 0.2) is 78.9 Å². The third-order valence-electron chi connectivity index (χ3n) is 6.98. The molecule has 5 nitrogen and oxygen atoms in total. The molecule has 0 saturated heterocycles. The molecule has 0 amide bonds. The van der Waals surface area contributed by atoms with E-state index >= 15 is 0 Å². The van der Waals surface area contributed by atoms with Crippen molar-refractivity contribution in [1.29, 1.82) is 0 Å². The van der Waals surface area contributed by atoms with Gasteiger partial charge in [0.05, 0.1) is 16.8 Å². The fraction of sp³-hybridized carbons (Fsp3) is 0.167. The maximum atomic E-state index is 13.2. The fourth-order valence-corrected chi connectivity index (χ4v) is 5.28. The van der Waals surface area contributed by atoms with Crippen molar-refractivity contribution in [3.8, 4) is 11.5 Å². The Bertz CT molecular complexity index is 1490. The molecule has 2 aliphatic rings. The van der Waals surface area contributed by atoms with Gasteiger partial charge in [-0.2, -0.15) is 0 Å². The molecule has 4 aromatic carbocycles. The summed E-state index contributed by atoms with van der Waals surface area (Å²) < 4.78 is 12.7. The molecule has 6 rings (SSSR count). The molecule has 1 unspecified atom stereocenters. The van der Waals surface area contributed by atoms with Gasteiger partial charge in [0.2, 0.25) is 0 Å². The van der Waals surface area contributed by atoms with Gasteiger partial charge in [0, 0.05) is 22.5 Å². The standard InChI is InChI=1S/C30H26N2O3/c1-3-18-12-14-24(19(4-2)16-18)32-25-10-7-11-27-28(25)30(23-17-20(31)13-15-26(23)34-27)22-9-6-5-8-21(22)29(33)35-30/h5-17,32H,3-4,31H2,1-2H3. The van der Waals surface area contributed by atoms with E-state index in [9.17, 15) is 4.79 Å². The number of esters is 1. The topological polar surface area (TPSA) is 73.6 Å². The van der Waals surface area contributed by atoms with Gasteiger partial charge in [0.25, 0.3) is 0 Å². The number of aryl methyl sites for hydroxylation is 2. The summed E-state index contributed by atoms with van der Waals surface area (Å²) in [5.74, 6) is 0.896. The van der Waals surface area contributed by atoms with Gasteiger partial charge < -0.3 is 20.5 Å². The summed E-state index contributed by atoms with van der Waals surface area (Å²) in [7, 11) is 0. The molecule has 0 saturated carbocycles.